The number of alkyl halides is 3. The van der Waals surface area contributed by atoms with Crippen LogP contribution in [-0.4, -0.2) is 51.8 Å². The van der Waals surface area contributed by atoms with E-state index in [2.05, 4.69) is 10.1 Å². The standard InChI is InChI=1S/C18H21ClF3N5O/c1-11-8-15(24-26(11)3)17(28)25(2)13-4-6-27(7-5-13)16-14(19)9-12(10-23-16)18(20,21)22/h8-10,13H,4-7H2,1-3H3. The van der Waals surface area contributed by atoms with E-state index >= 15 is 0 Å². The summed E-state index contributed by atoms with van der Waals surface area (Å²) in [4.78, 5) is 20.1. The molecule has 0 saturated carbocycles. The van der Waals surface area contributed by atoms with Crippen molar-refractivity contribution in [3.05, 3.63) is 40.3 Å². The van der Waals surface area contributed by atoms with E-state index in [1.807, 2.05) is 11.8 Å². The van der Waals surface area contributed by atoms with Crippen molar-refractivity contribution in [1.82, 2.24) is 19.7 Å². The Morgan fingerprint density at radius 1 is 1.29 bits per heavy atom. The summed E-state index contributed by atoms with van der Waals surface area (Å²) in [5.41, 5.74) is 0.430. The van der Waals surface area contributed by atoms with Crippen molar-refractivity contribution in [3.63, 3.8) is 0 Å². The largest absolute Gasteiger partial charge is 0.417 e. The maximum absolute atomic E-state index is 12.8. The summed E-state index contributed by atoms with van der Waals surface area (Å²) < 4.78 is 40.0. The normalized spacial score (nSPS) is 15.8. The first-order valence-corrected chi connectivity index (χ1v) is 9.21. The Balaban J connectivity index is 1.65. The van der Waals surface area contributed by atoms with Gasteiger partial charge in [0.05, 0.1) is 10.6 Å². The number of aromatic nitrogens is 3. The van der Waals surface area contributed by atoms with Gasteiger partial charge < -0.3 is 9.80 Å². The molecule has 0 radical (unpaired) electrons. The number of carbonyl (C=O) groups is 1. The summed E-state index contributed by atoms with van der Waals surface area (Å²) >= 11 is 6.04. The second-order valence-electron chi connectivity index (χ2n) is 6.96. The fourth-order valence-corrected chi connectivity index (χ4v) is 3.58. The Labute approximate surface area is 165 Å². The number of nitrogens with zero attached hydrogens (tertiary/aromatic N) is 5. The molecule has 2 aromatic heterocycles. The van der Waals surface area contributed by atoms with E-state index in [0.717, 1.165) is 18.0 Å². The predicted octanol–water partition coefficient (Wildman–Crippen LogP) is 3.54. The zero-order chi connectivity index (χ0) is 20.6. The Morgan fingerprint density at radius 2 is 1.93 bits per heavy atom. The topological polar surface area (TPSA) is 54.3 Å². The lowest BCUT2D eigenvalue weighted by Gasteiger charge is -2.37. The summed E-state index contributed by atoms with van der Waals surface area (Å²) in [5, 5.41) is 4.20. The van der Waals surface area contributed by atoms with Gasteiger partial charge in [0.25, 0.3) is 5.91 Å². The molecule has 3 heterocycles. The van der Waals surface area contributed by atoms with Crippen molar-refractivity contribution >= 4 is 23.3 Å². The molecule has 6 nitrogen and oxygen atoms in total. The Hall–Kier alpha value is -2.29. The quantitative estimate of drug-likeness (QED) is 0.769. The number of anilines is 1. The first-order valence-electron chi connectivity index (χ1n) is 8.83. The molecule has 2 aromatic rings. The van der Waals surface area contributed by atoms with Crippen molar-refractivity contribution in [2.24, 2.45) is 7.05 Å². The maximum atomic E-state index is 12.8. The van der Waals surface area contributed by atoms with Gasteiger partial charge in [-0.3, -0.25) is 9.48 Å². The second kappa shape index (κ2) is 7.62. The molecule has 3 rings (SSSR count). The third kappa shape index (κ3) is 4.09. The van der Waals surface area contributed by atoms with Gasteiger partial charge in [0, 0.05) is 45.1 Å². The summed E-state index contributed by atoms with van der Waals surface area (Å²) in [7, 11) is 3.53. The lowest BCUT2D eigenvalue weighted by molar-refractivity contribution is -0.137. The van der Waals surface area contributed by atoms with Crippen LogP contribution in [0.4, 0.5) is 19.0 Å². The molecule has 1 saturated heterocycles. The van der Waals surface area contributed by atoms with Gasteiger partial charge in [0.15, 0.2) is 5.69 Å². The molecular formula is C18H21ClF3N5O. The number of pyridine rings is 1. The molecule has 0 spiro atoms. The summed E-state index contributed by atoms with van der Waals surface area (Å²) in [6.07, 6.45) is -2.36. The van der Waals surface area contributed by atoms with Gasteiger partial charge in [-0.2, -0.15) is 18.3 Å². The lowest BCUT2D eigenvalue weighted by atomic mass is 10.0. The van der Waals surface area contributed by atoms with E-state index in [-0.39, 0.29) is 17.0 Å². The molecule has 1 amide bonds. The van der Waals surface area contributed by atoms with E-state index in [4.69, 9.17) is 11.6 Å². The van der Waals surface area contributed by atoms with Crippen LogP contribution in [-0.2, 0) is 13.2 Å². The van der Waals surface area contributed by atoms with Crippen molar-refractivity contribution in [2.45, 2.75) is 32.0 Å². The number of aryl methyl sites for hydroxylation is 2. The zero-order valence-corrected chi connectivity index (χ0v) is 16.5. The second-order valence-corrected chi connectivity index (χ2v) is 7.36. The van der Waals surface area contributed by atoms with Gasteiger partial charge in [0.1, 0.15) is 5.82 Å². The highest BCUT2D eigenvalue weighted by atomic mass is 35.5. The van der Waals surface area contributed by atoms with E-state index in [9.17, 15) is 18.0 Å². The Bertz CT molecular complexity index is 855. The minimum Gasteiger partial charge on any atom is -0.355 e. The molecule has 28 heavy (non-hydrogen) atoms. The van der Waals surface area contributed by atoms with Gasteiger partial charge in [-0.25, -0.2) is 4.98 Å². The van der Waals surface area contributed by atoms with E-state index in [1.54, 1.807) is 29.7 Å². The summed E-state index contributed by atoms with van der Waals surface area (Å²) in [6, 6.07) is 2.66. The van der Waals surface area contributed by atoms with Crippen LogP contribution in [0.25, 0.3) is 0 Å². The monoisotopic (exact) mass is 415 g/mol. The van der Waals surface area contributed by atoms with Crippen molar-refractivity contribution in [3.8, 4) is 0 Å². The average Bonchev–Trinajstić information content (AvgIpc) is 2.98. The number of piperidine rings is 1. The molecule has 0 aromatic carbocycles. The minimum atomic E-state index is -4.48. The fourth-order valence-electron chi connectivity index (χ4n) is 3.30. The van der Waals surface area contributed by atoms with Crippen LogP contribution >= 0.6 is 11.6 Å². The van der Waals surface area contributed by atoms with Gasteiger partial charge in [-0.15, -0.1) is 0 Å². The molecular weight excluding hydrogens is 395 g/mol. The first kappa shape index (κ1) is 20.4. The van der Waals surface area contributed by atoms with Crippen LogP contribution in [0.15, 0.2) is 18.3 Å². The van der Waals surface area contributed by atoms with Crippen LogP contribution in [0.5, 0.6) is 0 Å². The van der Waals surface area contributed by atoms with E-state index in [0.29, 0.717) is 37.4 Å². The lowest BCUT2D eigenvalue weighted by Crippen LogP contribution is -2.46. The molecule has 0 unspecified atom stereocenters. The third-order valence-corrected chi connectivity index (χ3v) is 5.39. The van der Waals surface area contributed by atoms with Gasteiger partial charge in [-0.1, -0.05) is 11.6 Å². The predicted molar refractivity (Wildman–Crippen MR) is 99.5 cm³/mol. The highest BCUT2D eigenvalue weighted by Crippen LogP contribution is 2.34. The molecule has 152 valence electrons. The van der Waals surface area contributed by atoms with Gasteiger partial charge >= 0.3 is 6.18 Å². The summed E-state index contributed by atoms with van der Waals surface area (Å²) in [5.74, 6) is 0.190. The van der Waals surface area contributed by atoms with Crippen LogP contribution < -0.4 is 4.90 Å². The van der Waals surface area contributed by atoms with Crippen LogP contribution in [0, 0.1) is 6.92 Å². The van der Waals surface area contributed by atoms with Crippen LogP contribution in [0.2, 0.25) is 5.02 Å². The maximum Gasteiger partial charge on any atom is 0.417 e. The number of hydrogen-bond donors (Lipinski definition) is 0. The molecule has 0 bridgehead atoms. The number of carbonyl (C=O) groups excluding carboxylic acids is 1. The van der Waals surface area contributed by atoms with Crippen LogP contribution in [0.3, 0.4) is 0 Å². The van der Waals surface area contributed by atoms with E-state index in [1.165, 1.54) is 0 Å². The average molecular weight is 416 g/mol. The van der Waals surface area contributed by atoms with Crippen molar-refractivity contribution in [1.29, 1.82) is 0 Å². The molecule has 1 aliphatic rings. The number of rotatable bonds is 3. The molecule has 0 atom stereocenters. The number of hydrogen-bond acceptors (Lipinski definition) is 4. The smallest absolute Gasteiger partial charge is 0.355 e. The summed E-state index contributed by atoms with van der Waals surface area (Å²) in [6.45, 7) is 2.96. The minimum absolute atomic E-state index is 0.0132. The van der Waals surface area contributed by atoms with Crippen LogP contribution in [0.1, 0.15) is 34.6 Å². The molecule has 10 heteroatoms. The first-order chi connectivity index (χ1) is 13.1. The highest BCUT2D eigenvalue weighted by Gasteiger charge is 2.33. The molecule has 1 fully saturated rings. The van der Waals surface area contributed by atoms with Gasteiger partial charge in [-0.05, 0) is 31.9 Å². The van der Waals surface area contributed by atoms with Crippen molar-refractivity contribution in [2.75, 3.05) is 25.0 Å². The zero-order valence-electron chi connectivity index (χ0n) is 15.8. The molecule has 1 aliphatic heterocycles. The third-order valence-electron chi connectivity index (χ3n) is 5.11. The van der Waals surface area contributed by atoms with Gasteiger partial charge in [0.2, 0.25) is 0 Å². The molecule has 0 aliphatic carbocycles. The Morgan fingerprint density at radius 3 is 2.43 bits per heavy atom. The molecule has 0 N–H and O–H groups in total. The van der Waals surface area contributed by atoms with Crippen molar-refractivity contribution < 1.29 is 18.0 Å². The Kier molecular flexibility index (Phi) is 5.56. The number of halogens is 4. The SMILES string of the molecule is Cc1cc(C(=O)N(C)C2CCN(c3ncc(C(F)(F)F)cc3Cl)CC2)nn1C. The number of amides is 1. The fraction of sp³-hybridized carbons (Fsp3) is 0.500. The highest BCUT2D eigenvalue weighted by molar-refractivity contribution is 6.33. The van der Waals surface area contributed by atoms with E-state index < -0.39 is 11.7 Å².